The zero-order valence-corrected chi connectivity index (χ0v) is 9.42. The number of hydrogen-bond donors (Lipinski definition) is 1. The third kappa shape index (κ3) is 2.18. The van der Waals surface area contributed by atoms with Crippen molar-refractivity contribution < 1.29 is 9.21 Å². The molecule has 1 heterocycles. The van der Waals surface area contributed by atoms with Crippen LogP contribution in [-0.2, 0) is 0 Å². The number of carbonyl (C=O) groups is 1. The maximum absolute atomic E-state index is 10.8. The van der Waals surface area contributed by atoms with Gasteiger partial charge in [0.25, 0.3) is 5.91 Å². The van der Waals surface area contributed by atoms with Crippen molar-refractivity contribution in [3.8, 4) is 11.5 Å². The maximum atomic E-state index is 10.8. The lowest BCUT2D eigenvalue weighted by molar-refractivity contribution is 0.0975. The van der Waals surface area contributed by atoms with Crippen molar-refractivity contribution in [1.29, 1.82) is 0 Å². The predicted octanol–water partition coefficient (Wildman–Crippen LogP) is 2.75. The maximum Gasteiger partial charge on any atom is 0.286 e. The summed E-state index contributed by atoms with van der Waals surface area (Å²) in [6, 6.07) is 4.85. The molecule has 0 radical (unpaired) electrons. The second-order valence-electron chi connectivity index (χ2n) is 3.05. The Morgan fingerprint density at radius 3 is 2.38 bits per heavy atom. The highest BCUT2D eigenvalue weighted by atomic mass is 35.5. The van der Waals surface area contributed by atoms with E-state index in [1.807, 2.05) is 0 Å². The molecule has 0 saturated heterocycles. The molecule has 82 valence electrons. The largest absolute Gasteiger partial charge is 0.431 e. The minimum atomic E-state index is -0.674. The van der Waals surface area contributed by atoms with Crippen LogP contribution in [0, 0.1) is 0 Å². The van der Waals surface area contributed by atoms with Gasteiger partial charge in [0.15, 0.2) is 0 Å². The van der Waals surface area contributed by atoms with Gasteiger partial charge in [0.2, 0.25) is 11.7 Å². The Bertz CT molecular complexity index is 531. The molecule has 0 unspecified atom stereocenters. The Morgan fingerprint density at radius 1 is 1.25 bits per heavy atom. The number of halogens is 2. The first-order valence-corrected chi connectivity index (χ1v) is 5.04. The SMILES string of the molecule is NC(=O)c1cnc(-c2cc(Cl)cc(Cl)c2)o1. The van der Waals surface area contributed by atoms with Gasteiger partial charge >= 0.3 is 0 Å². The lowest BCUT2D eigenvalue weighted by Crippen LogP contribution is -2.09. The highest BCUT2D eigenvalue weighted by molar-refractivity contribution is 6.35. The molecule has 0 aliphatic rings. The molecule has 1 aromatic carbocycles. The number of rotatable bonds is 2. The second-order valence-corrected chi connectivity index (χ2v) is 3.92. The van der Waals surface area contributed by atoms with Crippen LogP contribution in [0.15, 0.2) is 28.8 Å². The molecular weight excluding hydrogens is 251 g/mol. The first-order valence-electron chi connectivity index (χ1n) is 4.28. The van der Waals surface area contributed by atoms with Crippen LogP contribution in [0.25, 0.3) is 11.5 Å². The van der Waals surface area contributed by atoms with E-state index in [-0.39, 0.29) is 11.7 Å². The Labute approximate surface area is 101 Å². The van der Waals surface area contributed by atoms with E-state index in [0.717, 1.165) is 0 Å². The summed E-state index contributed by atoms with van der Waals surface area (Å²) in [7, 11) is 0. The molecule has 0 aliphatic carbocycles. The quantitative estimate of drug-likeness (QED) is 0.899. The van der Waals surface area contributed by atoms with Crippen LogP contribution in [0.4, 0.5) is 0 Å². The van der Waals surface area contributed by atoms with Crippen molar-refractivity contribution in [3.63, 3.8) is 0 Å². The Balaban J connectivity index is 2.46. The molecule has 4 nitrogen and oxygen atoms in total. The standard InChI is InChI=1S/C10H6Cl2N2O2/c11-6-1-5(2-7(12)3-6)10-14-4-8(16-10)9(13)15/h1-4H,(H2,13,15). The molecule has 2 rings (SSSR count). The summed E-state index contributed by atoms with van der Waals surface area (Å²) in [5, 5.41) is 0.919. The van der Waals surface area contributed by atoms with E-state index in [2.05, 4.69) is 4.98 Å². The number of carbonyl (C=O) groups excluding carboxylic acids is 1. The molecule has 2 N–H and O–H groups in total. The summed E-state index contributed by atoms with van der Waals surface area (Å²) in [6.07, 6.45) is 1.26. The van der Waals surface area contributed by atoms with Crippen LogP contribution in [0.5, 0.6) is 0 Å². The van der Waals surface area contributed by atoms with Crippen molar-refractivity contribution in [2.24, 2.45) is 5.73 Å². The number of oxazole rings is 1. The first-order chi connectivity index (χ1) is 7.56. The molecule has 1 amide bonds. The van der Waals surface area contributed by atoms with Gasteiger partial charge in [0, 0.05) is 15.6 Å². The summed E-state index contributed by atoms with van der Waals surface area (Å²) in [4.78, 5) is 14.7. The van der Waals surface area contributed by atoms with Crippen LogP contribution in [0.3, 0.4) is 0 Å². The van der Waals surface area contributed by atoms with Crippen molar-refractivity contribution in [3.05, 3.63) is 40.2 Å². The average Bonchev–Trinajstić information content (AvgIpc) is 2.64. The summed E-state index contributed by atoms with van der Waals surface area (Å²) < 4.78 is 5.14. The van der Waals surface area contributed by atoms with Gasteiger partial charge in [-0.05, 0) is 18.2 Å². The minimum Gasteiger partial charge on any atom is -0.431 e. The predicted molar refractivity (Wildman–Crippen MR) is 60.5 cm³/mol. The fourth-order valence-electron chi connectivity index (χ4n) is 1.20. The molecule has 0 aliphatic heterocycles. The third-order valence-electron chi connectivity index (χ3n) is 1.86. The summed E-state index contributed by atoms with van der Waals surface area (Å²) >= 11 is 11.6. The molecule has 1 aromatic heterocycles. The molecule has 0 atom stereocenters. The van der Waals surface area contributed by atoms with Crippen LogP contribution in [0.1, 0.15) is 10.6 Å². The zero-order chi connectivity index (χ0) is 11.7. The molecule has 6 heteroatoms. The van der Waals surface area contributed by atoms with E-state index in [1.54, 1.807) is 18.2 Å². The zero-order valence-electron chi connectivity index (χ0n) is 7.91. The molecule has 0 saturated carbocycles. The topological polar surface area (TPSA) is 69.1 Å². The monoisotopic (exact) mass is 256 g/mol. The van der Waals surface area contributed by atoms with Crippen molar-refractivity contribution in [2.45, 2.75) is 0 Å². The van der Waals surface area contributed by atoms with Gasteiger partial charge in [-0.25, -0.2) is 4.98 Å². The lowest BCUT2D eigenvalue weighted by Gasteiger charge is -1.98. The third-order valence-corrected chi connectivity index (χ3v) is 2.29. The molecule has 0 spiro atoms. The Morgan fingerprint density at radius 2 is 1.88 bits per heavy atom. The molecule has 0 fully saturated rings. The highest BCUT2D eigenvalue weighted by Gasteiger charge is 2.11. The van der Waals surface area contributed by atoms with Crippen molar-refractivity contribution in [1.82, 2.24) is 4.98 Å². The van der Waals surface area contributed by atoms with Gasteiger partial charge in [-0.2, -0.15) is 0 Å². The number of nitrogens with zero attached hydrogens (tertiary/aromatic N) is 1. The summed E-state index contributed by atoms with van der Waals surface area (Å²) in [5.41, 5.74) is 5.63. The van der Waals surface area contributed by atoms with Gasteiger partial charge in [0.1, 0.15) is 0 Å². The van der Waals surface area contributed by atoms with E-state index in [4.69, 9.17) is 33.4 Å². The minimum absolute atomic E-state index is 0.00824. The number of hydrogen-bond acceptors (Lipinski definition) is 3. The van der Waals surface area contributed by atoms with E-state index >= 15 is 0 Å². The van der Waals surface area contributed by atoms with E-state index in [1.165, 1.54) is 6.20 Å². The fourth-order valence-corrected chi connectivity index (χ4v) is 1.72. The van der Waals surface area contributed by atoms with Gasteiger partial charge in [-0.1, -0.05) is 23.2 Å². The van der Waals surface area contributed by atoms with E-state index < -0.39 is 5.91 Å². The van der Waals surface area contributed by atoms with Crippen LogP contribution in [-0.4, -0.2) is 10.9 Å². The van der Waals surface area contributed by atoms with Crippen LogP contribution < -0.4 is 5.73 Å². The van der Waals surface area contributed by atoms with Crippen LogP contribution >= 0.6 is 23.2 Å². The number of benzene rings is 1. The molecule has 16 heavy (non-hydrogen) atoms. The molecule has 2 aromatic rings. The van der Waals surface area contributed by atoms with Crippen molar-refractivity contribution in [2.75, 3.05) is 0 Å². The Kier molecular flexibility index (Phi) is 2.85. The number of primary amides is 1. The van der Waals surface area contributed by atoms with E-state index in [0.29, 0.717) is 15.6 Å². The fraction of sp³-hybridized carbons (Fsp3) is 0. The van der Waals surface area contributed by atoms with Gasteiger partial charge in [0.05, 0.1) is 6.20 Å². The normalized spacial score (nSPS) is 10.4. The lowest BCUT2D eigenvalue weighted by atomic mass is 10.2. The molecule has 0 bridgehead atoms. The average molecular weight is 257 g/mol. The second kappa shape index (κ2) is 4.15. The first kappa shape index (κ1) is 11.0. The van der Waals surface area contributed by atoms with E-state index in [9.17, 15) is 4.79 Å². The summed E-state index contributed by atoms with van der Waals surface area (Å²) in [5.74, 6) is -0.434. The Hall–Kier alpha value is -1.52. The number of amides is 1. The number of aromatic nitrogens is 1. The molecular formula is C10H6Cl2N2O2. The van der Waals surface area contributed by atoms with Crippen molar-refractivity contribution >= 4 is 29.1 Å². The van der Waals surface area contributed by atoms with Gasteiger partial charge < -0.3 is 10.2 Å². The smallest absolute Gasteiger partial charge is 0.286 e. The van der Waals surface area contributed by atoms with Gasteiger partial charge in [-0.15, -0.1) is 0 Å². The highest BCUT2D eigenvalue weighted by Crippen LogP contribution is 2.26. The number of nitrogens with two attached hydrogens (primary N) is 1. The van der Waals surface area contributed by atoms with Gasteiger partial charge in [-0.3, -0.25) is 4.79 Å². The summed E-state index contributed by atoms with van der Waals surface area (Å²) in [6.45, 7) is 0. The van der Waals surface area contributed by atoms with Crippen LogP contribution in [0.2, 0.25) is 10.0 Å².